The van der Waals surface area contributed by atoms with Crippen molar-refractivity contribution in [3.05, 3.63) is 41.5 Å². The van der Waals surface area contributed by atoms with Gasteiger partial charge < -0.3 is 24.6 Å². The van der Waals surface area contributed by atoms with Crippen LogP contribution in [0.15, 0.2) is 35.5 Å². The predicted molar refractivity (Wildman–Crippen MR) is 113 cm³/mol. The van der Waals surface area contributed by atoms with Crippen molar-refractivity contribution >= 4 is 39.2 Å². The number of hydrogen-bond donors (Lipinski definition) is 1. The molecule has 3 aromatic rings. The standard InChI is InChI=1S/C22H22N4O4/c1-13(25-30-14(2)27)15-3-4-20-18(10-15)19-11-17(24)9-16(12-23)22(19)26(20)6-5-21-28-7-8-29-21/h3-4,9-11,21H,5-8,24H2,1-2H3/b25-13+. The fourth-order valence-corrected chi connectivity index (χ4v) is 3.80. The van der Waals surface area contributed by atoms with Gasteiger partial charge in [0, 0.05) is 41.9 Å². The minimum Gasteiger partial charge on any atom is -0.399 e. The summed E-state index contributed by atoms with van der Waals surface area (Å²) in [4.78, 5) is 15.8. The van der Waals surface area contributed by atoms with Crippen molar-refractivity contribution in [2.45, 2.75) is 33.1 Å². The molecule has 0 amide bonds. The first-order valence-corrected chi connectivity index (χ1v) is 9.69. The molecular formula is C22H22N4O4. The van der Waals surface area contributed by atoms with Crippen LogP contribution in [0.5, 0.6) is 0 Å². The Kier molecular flexibility index (Phi) is 5.40. The van der Waals surface area contributed by atoms with Gasteiger partial charge in [0.15, 0.2) is 6.29 Å². The van der Waals surface area contributed by atoms with Crippen LogP contribution in [0, 0.1) is 11.3 Å². The number of benzene rings is 2. The van der Waals surface area contributed by atoms with Crippen LogP contribution < -0.4 is 5.73 Å². The monoisotopic (exact) mass is 406 g/mol. The number of aryl methyl sites for hydroxylation is 1. The summed E-state index contributed by atoms with van der Waals surface area (Å²) in [5, 5.41) is 15.4. The highest BCUT2D eigenvalue weighted by molar-refractivity contribution is 6.13. The van der Waals surface area contributed by atoms with E-state index in [-0.39, 0.29) is 6.29 Å². The normalized spacial score (nSPS) is 15.0. The largest absolute Gasteiger partial charge is 0.399 e. The molecule has 4 rings (SSSR count). The number of aromatic nitrogens is 1. The van der Waals surface area contributed by atoms with E-state index in [4.69, 9.17) is 20.0 Å². The van der Waals surface area contributed by atoms with E-state index in [2.05, 4.69) is 15.8 Å². The number of rotatable bonds is 5. The molecule has 0 unspecified atom stereocenters. The van der Waals surface area contributed by atoms with Gasteiger partial charge in [-0.15, -0.1) is 0 Å². The molecule has 8 heteroatoms. The summed E-state index contributed by atoms with van der Waals surface area (Å²) in [6, 6.07) is 11.7. The Hall–Kier alpha value is -3.41. The minimum atomic E-state index is -0.477. The second-order valence-corrected chi connectivity index (χ2v) is 7.18. The maximum Gasteiger partial charge on any atom is 0.331 e. The molecule has 1 aromatic heterocycles. The molecule has 2 aromatic carbocycles. The maximum atomic E-state index is 11.1. The van der Waals surface area contributed by atoms with Gasteiger partial charge in [-0.1, -0.05) is 11.2 Å². The van der Waals surface area contributed by atoms with Gasteiger partial charge in [0.1, 0.15) is 6.07 Å². The van der Waals surface area contributed by atoms with Gasteiger partial charge >= 0.3 is 5.97 Å². The zero-order valence-electron chi connectivity index (χ0n) is 16.8. The first kappa shape index (κ1) is 19.9. The van der Waals surface area contributed by atoms with E-state index >= 15 is 0 Å². The second kappa shape index (κ2) is 8.14. The summed E-state index contributed by atoms with van der Waals surface area (Å²) in [5.41, 5.74) is 10.3. The van der Waals surface area contributed by atoms with Crippen LogP contribution in [0.2, 0.25) is 0 Å². The molecule has 30 heavy (non-hydrogen) atoms. The van der Waals surface area contributed by atoms with Gasteiger partial charge in [0.05, 0.1) is 30.0 Å². The average molecular weight is 406 g/mol. The number of hydrogen-bond acceptors (Lipinski definition) is 7. The Morgan fingerprint density at radius 2 is 2.03 bits per heavy atom. The molecule has 0 aliphatic carbocycles. The van der Waals surface area contributed by atoms with Crippen molar-refractivity contribution in [3.63, 3.8) is 0 Å². The van der Waals surface area contributed by atoms with E-state index in [1.165, 1.54) is 6.92 Å². The zero-order chi connectivity index (χ0) is 21.3. The van der Waals surface area contributed by atoms with E-state index in [1.54, 1.807) is 13.0 Å². The number of anilines is 1. The molecule has 0 bridgehead atoms. The lowest BCUT2D eigenvalue weighted by Crippen LogP contribution is -2.12. The van der Waals surface area contributed by atoms with Crippen LogP contribution in [-0.4, -0.2) is 35.8 Å². The highest BCUT2D eigenvalue weighted by atomic mass is 16.7. The third-order valence-electron chi connectivity index (χ3n) is 5.11. The van der Waals surface area contributed by atoms with Crippen molar-refractivity contribution in [1.29, 1.82) is 5.26 Å². The number of fused-ring (bicyclic) bond motifs is 3. The van der Waals surface area contributed by atoms with E-state index in [0.29, 0.717) is 43.1 Å². The summed E-state index contributed by atoms with van der Waals surface area (Å²) >= 11 is 0. The minimum absolute atomic E-state index is 0.241. The maximum absolute atomic E-state index is 11.1. The lowest BCUT2D eigenvalue weighted by atomic mass is 10.0. The number of ether oxygens (including phenoxy) is 2. The molecule has 0 radical (unpaired) electrons. The summed E-state index contributed by atoms with van der Waals surface area (Å²) in [5.74, 6) is -0.477. The molecule has 8 nitrogen and oxygen atoms in total. The van der Waals surface area contributed by atoms with Crippen LogP contribution in [0.1, 0.15) is 31.4 Å². The third kappa shape index (κ3) is 3.73. The van der Waals surface area contributed by atoms with E-state index < -0.39 is 5.97 Å². The van der Waals surface area contributed by atoms with E-state index in [9.17, 15) is 10.1 Å². The van der Waals surface area contributed by atoms with Gasteiger partial charge in [0.2, 0.25) is 0 Å². The van der Waals surface area contributed by atoms with Gasteiger partial charge in [0.25, 0.3) is 0 Å². The van der Waals surface area contributed by atoms with E-state index in [0.717, 1.165) is 27.4 Å². The molecular weight excluding hydrogens is 384 g/mol. The van der Waals surface area contributed by atoms with Gasteiger partial charge in [-0.05, 0) is 36.8 Å². The first-order valence-electron chi connectivity index (χ1n) is 9.69. The Morgan fingerprint density at radius 3 is 2.73 bits per heavy atom. The summed E-state index contributed by atoms with van der Waals surface area (Å²) in [7, 11) is 0. The highest BCUT2D eigenvalue weighted by Crippen LogP contribution is 2.34. The average Bonchev–Trinajstić information content (AvgIpc) is 3.35. The number of nitrogens with zero attached hydrogens (tertiary/aromatic N) is 3. The number of nitrogen functional groups attached to an aromatic ring is 1. The topological polar surface area (TPSA) is 112 Å². The van der Waals surface area contributed by atoms with Crippen molar-refractivity contribution < 1.29 is 19.1 Å². The molecule has 1 aliphatic heterocycles. The van der Waals surface area contributed by atoms with Gasteiger partial charge in [-0.2, -0.15) is 5.26 Å². The summed E-state index contributed by atoms with van der Waals surface area (Å²) in [6.07, 6.45) is 0.428. The molecule has 0 spiro atoms. The summed E-state index contributed by atoms with van der Waals surface area (Å²) < 4.78 is 13.2. The fraction of sp³-hybridized carbons (Fsp3) is 0.318. The van der Waals surface area contributed by atoms with Crippen molar-refractivity contribution in [2.75, 3.05) is 18.9 Å². The SMILES string of the molecule is CC(=O)O/N=C(\C)c1ccc2c(c1)c1cc(N)cc(C#N)c1n2CCC1OCCO1. The van der Waals surface area contributed by atoms with Crippen molar-refractivity contribution in [2.24, 2.45) is 5.16 Å². The van der Waals surface area contributed by atoms with E-state index in [1.807, 2.05) is 24.3 Å². The smallest absolute Gasteiger partial charge is 0.331 e. The summed E-state index contributed by atoms with van der Waals surface area (Å²) in [6.45, 7) is 4.90. The first-order chi connectivity index (χ1) is 14.5. The second-order valence-electron chi connectivity index (χ2n) is 7.18. The van der Waals surface area contributed by atoms with Crippen molar-refractivity contribution in [1.82, 2.24) is 4.57 Å². The predicted octanol–water partition coefficient (Wildman–Crippen LogP) is 3.30. The van der Waals surface area contributed by atoms with Crippen LogP contribution in [0.3, 0.4) is 0 Å². The van der Waals surface area contributed by atoms with Crippen LogP contribution in [-0.2, 0) is 25.7 Å². The fourth-order valence-electron chi connectivity index (χ4n) is 3.80. The van der Waals surface area contributed by atoms with Crippen molar-refractivity contribution in [3.8, 4) is 6.07 Å². The lowest BCUT2D eigenvalue weighted by molar-refractivity contribution is -0.140. The van der Waals surface area contributed by atoms with Crippen LogP contribution in [0.25, 0.3) is 21.8 Å². The Labute approximate surface area is 173 Å². The molecule has 2 N–H and O–H groups in total. The molecule has 1 aliphatic rings. The number of carbonyl (C=O) groups excluding carboxylic acids is 1. The number of nitriles is 1. The quantitative estimate of drug-likeness (QED) is 0.301. The Bertz CT molecular complexity index is 1200. The van der Waals surface area contributed by atoms with Crippen LogP contribution >= 0.6 is 0 Å². The molecule has 1 fully saturated rings. The Balaban J connectivity index is 1.86. The number of carbonyl (C=O) groups is 1. The Morgan fingerprint density at radius 1 is 1.27 bits per heavy atom. The molecule has 0 atom stereocenters. The zero-order valence-corrected chi connectivity index (χ0v) is 16.8. The van der Waals surface area contributed by atoms with Gasteiger partial charge in [-0.3, -0.25) is 0 Å². The molecule has 2 heterocycles. The number of oxime groups is 1. The highest BCUT2D eigenvalue weighted by Gasteiger charge is 2.20. The number of nitrogens with two attached hydrogens (primary N) is 1. The molecule has 1 saturated heterocycles. The molecule has 154 valence electrons. The van der Waals surface area contributed by atoms with Gasteiger partial charge in [-0.25, -0.2) is 4.79 Å². The van der Waals surface area contributed by atoms with Crippen LogP contribution in [0.4, 0.5) is 5.69 Å². The lowest BCUT2D eigenvalue weighted by Gasteiger charge is -2.12. The molecule has 0 saturated carbocycles. The third-order valence-corrected chi connectivity index (χ3v) is 5.11.